The standard InChI is InChI=1S/C15H24N4S/c1-7-19(9(2)3)8-12-17-14(16-6)13-10(4)11(5)20-15(13)18-12/h9H,7-8H2,1-6H3,(H,16,17,18). The SMILES string of the molecule is CCN(Cc1nc(NC)c2c(C)c(C)sc2n1)C(C)C. The lowest BCUT2D eigenvalue weighted by molar-refractivity contribution is 0.219. The number of hydrogen-bond donors (Lipinski definition) is 1. The van der Waals surface area contributed by atoms with Gasteiger partial charge >= 0.3 is 0 Å². The minimum absolute atomic E-state index is 0.504. The van der Waals surface area contributed by atoms with Crippen molar-refractivity contribution in [1.29, 1.82) is 0 Å². The first kappa shape index (κ1) is 15.2. The van der Waals surface area contributed by atoms with E-state index in [9.17, 15) is 0 Å². The van der Waals surface area contributed by atoms with Crippen LogP contribution < -0.4 is 5.32 Å². The van der Waals surface area contributed by atoms with Gasteiger partial charge in [-0.3, -0.25) is 4.90 Å². The maximum Gasteiger partial charge on any atom is 0.146 e. The third kappa shape index (κ3) is 2.79. The van der Waals surface area contributed by atoms with Gasteiger partial charge in [-0.15, -0.1) is 11.3 Å². The number of aromatic nitrogens is 2. The Morgan fingerprint density at radius 2 is 1.95 bits per heavy atom. The maximum absolute atomic E-state index is 4.76. The summed E-state index contributed by atoms with van der Waals surface area (Å²) in [6, 6.07) is 0.504. The lowest BCUT2D eigenvalue weighted by Crippen LogP contribution is -2.30. The van der Waals surface area contributed by atoms with Crippen LogP contribution in [-0.2, 0) is 6.54 Å². The molecule has 0 radical (unpaired) electrons. The molecule has 2 heterocycles. The van der Waals surface area contributed by atoms with Gasteiger partial charge in [-0.2, -0.15) is 0 Å². The summed E-state index contributed by atoms with van der Waals surface area (Å²) >= 11 is 1.76. The smallest absolute Gasteiger partial charge is 0.146 e. The van der Waals surface area contributed by atoms with E-state index < -0.39 is 0 Å². The topological polar surface area (TPSA) is 41.1 Å². The zero-order valence-electron chi connectivity index (χ0n) is 13.2. The lowest BCUT2D eigenvalue weighted by atomic mass is 10.2. The molecule has 2 aromatic rings. The molecule has 1 N–H and O–H groups in total. The van der Waals surface area contributed by atoms with Crippen LogP contribution in [0.4, 0.5) is 5.82 Å². The quantitative estimate of drug-likeness (QED) is 0.914. The number of nitrogens with one attached hydrogen (secondary N) is 1. The van der Waals surface area contributed by atoms with Crippen LogP contribution in [-0.4, -0.2) is 34.5 Å². The van der Waals surface area contributed by atoms with Crippen molar-refractivity contribution in [3.05, 3.63) is 16.3 Å². The lowest BCUT2D eigenvalue weighted by Gasteiger charge is -2.23. The van der Waals surface area contributed by atoms with Gasteiger partial charge in [-0.25, -0.2) is 9.97 Å². The highest BCUT2D eigenvalue weighted by Crippen LogP contribution is 2.33. The number of nitrogens with zero attached hydrogens (tertiary/aromatic N) is 3. The Bertz CT molecular complexity index is 603. The van der Waals surface area contributed by atoms with Gasteiger partial charge in [-0.1, -0.05) is 6.92 Å². The van der Waals surface area contributed by atoms with E-state index in [4.69, 9.17) is 9.97 Å². The third-order valence-corrected chi connectivity index (χ3v) is 4.89. The average molecular weight is 292 g/mol. The van der Waals surface area contributed by atoms with Crippen molar-refractivity contribution in [2.45, 2.75) is 47.2 Å². The van der Waals surface area contributed by atoms with Gasteiger partial charge in [-0.05, 0) is 39.8 Å². The molecule has 0 bridgehead atoms. The molecule has 110 valence electrons. The molecule has 0 spiro atoms. The van der Waals surface area contributed by atoms with Crippen LogP contribution >= 0.6 is 11.3 Å². The third-order valence-electron chi connectivity index (χ3n) is 3.79. The van der Waals surface area contributed by atoms with Gasteiger partial charge in [0.2, 0.25) is 0 Å². The van der Waals surface area contributed by atoms with Crippen molar-refractivity contribution in [1.82, 2.24) is 14.9 Å². The Balaban J connectivity index is 2.46. The first-order valence-corrected chi connectivity index (χ1v) is 7.98. The van der Waals surface area contributed by atoms with E-state index in [1.807, 2.05) is 7.05 Å². The van der Waals surface area contributed by atoms with Gasteiger partial charge in [0.15, 0.2) is 0 Å². The summed E-state index contributed by atoms with van der Waals surface area (Å²) < 4.78 is 0. The van der Waals surface area contributed by atoms with E-state index >= 15 is 0 Å². The molecular weight excluding hydrogens is 268 g/mol. The summed E-state index contributed by atoms with van der Waals surface area (Å²) in [5.74, 6) is 1.85. The highest BCUT2D eigenvalue weighted by molar-refractivity contribution is 7.18. The Labute approximate surface area is 125 Å². The van der Waals surface area contributed by atoms with Crippen LogP contribution in [0.1, 0.15) is 37.0 Å². The second kappa shape index (κ2) is 6.06. The summed E-state index contributed by atoms with van der Waals surface area (Å²) in [5, 5.41) is 4.39. The van der Waals surface area contributed by atoms with E-state index in [1.54, 1.807) is 11.3 Å². The van der Waals surface area contributed by atoms with Gasteiger partial charge in [0.25, 0.3) is 0 Å². The van der Waals surface area contributed by atoms with Crippen molar-refractivity contribution in [3.8, 4) is 0 Å². The molecule has 0 aliphatic heterocycles. The summed E-state index contributed by atoms with van der Waals surface area (Å²) in [5.41, 5.74) is 1.29. The van der Waals surface area contributed by atoms with Crippen molar-refractivity contribution >= 4 is 27.4 Å². The largest absolute Gasteiger partial charge is 0.372 e. The normalized spacial score (nSPS) is 11.8. The zero-order valence-corrected chi connectivity index (χ0v) is 14.1. The molecule has 0 fully saturated rings. The van der Waals surface area contributed by atoms with E-state index in [-0.39, 0.29) is 0 Å². The molecule has 0 aliphatic rings. The van der Waals surface area contributed by atoms with Gasteiger partial charge in [0.1, 0.15) is 16.5 Å². The molecule has 4 nitrogen and oxygen atoms in total. The van der Waals surface area contributed by atoms with Crippen LogP contribution in [0, 0.1) is 13.8 Å². The fourth-order valence-electron chi connectivity index (χ4n) is 2.39. The Hall–Kier alpha value is -1.20. The molecular formula is C15H24N4S. The summed E-state index contributed by atoms with van der Waals surface area (Å²) in [6.07, 6.45) is 0. The predicted octanol–water partition coefficient (Wildman–Crippen LogP) is 3.58. The van der Waals surface area contributed by atoms with Gasteiger partial charge in [0, 0.05) is 18.0 Å². The van der Waals surface area contributed by atoms with E-state index in [0.29, 0.717) is 6.04 Å². The molecule has 0 saturated heterocycles. The minimum atomic E-state index is 0.504. The molecule has 0 aliphatic carbocycles. The average Bonchev–Trinajstić information content (AvgIpc) is 2.70. The molecule has 20 heavy (non-hydrogen) atoms. The molecule has 0 aromatic carbocycles. The van der Waals surface area contributed by atoms with Gasteiger partial charge < -0.3 is 5.32 Å². The number of rotatable bonds is 5. The predicted molar refractivity (Wildman–Crippen MR) is 87.7 cm³/mol. The number of thiophene rings is 1. The number of aryl methyl sites for hydroxylation is 2. The highest BCUT2D eigenvalue weighted by atomic mass is 32.1. The van der Waals surface area contributed by atoms with Crippen molar-refractivity contribution in [2.24, 2.45) is 0 Å². The molecule has 0 amide bonds. The number of fused-ring (bicyclic) bond motifs is 1. The van der Waals surface area contributed by atoms with Crippen molar-refractivity contribution in [3.63, 3.8) is 0 Å². The fourth-order valence-corrected chi connectivity index (χ4v) is 3.43. The highest BCUT2D eigenvalue weighted by Gasteiger charge is 2.16. The van der Waals surface area contributed by atoms with Crippen LogP contribution in [0.5, 0.6) is 0 Å². The summed E-state index contributed by atoms with van der Waals surface area (Å²) in [4.78, 5) is 14.2. The molecule has 2 rings (SSSR count). The van der Waals surface area contributed by atoms with Crippen molar-refractivity contribution in [2.75, 3.05) is 18.9 Å². The van der Waals surface area contributed by atoms with Crippen LogP contribution in [0.3, 0.4) is 0 Å². The molecule has 0 unspecified atom stereocenters. The summed E-state index contributed by atoms with van der Waals surface area (Å²) in [7, 11) is 1.93. The van der Waals surface area contributed by atoms with Crippen LogP contribution in [0.25, 0.3) is 10.2 Å². The van der Waals surface area contributed by atoms with E-state index in [2.05, 4.69) is 44.8 Å². The summed E-state index contributed by atoms with van der Waals surface area (Å²) in [6.45, 7) is 12.7. The molecule has 0 atom stereocenters. The van der Waals surface area contributed by atoms with Crippen molar-refractivity contribution < 1.29 is 0 Å². The van der Waals surface area contributed by atoms with Crippen LogP contribution in [0.2, 0.25) is 0 Å². The molecule has 2 aromatic heterocycles. The zero-order chi connectivity index (χ0) is 14.9. The fraction of sp³-hybridized carbons (Fsp3) is 0.600. The second-order valence-electron chi connectivity index (χ2n) is 5.36. The van der Waals surface area contributed by atoms with Crippen LogP contribution in [0.15, 0.2) is 0 Å². The second-order valence-corrected chi connectivity index (χ2v) is 6.56. The van der Waals surface area contributed by atoms with Gasteiger partial charge in [0.05, 0.1) is 11.9 Å². The first-order valence-electron chi connectivity index (χ1n) is 7.16. The number of anilines is 1. The minimum Gasteiger partial charge on any atom is -0.372 e. The Morgan fingerprint density at radius 3 is 2.50 bits per heavy atom. The Kier molecular flexibility index (Phi) is 4.60. The Morgan fingerprint density at radius 1 is 1.25 bits per heavy atom. The first-order chi connectivity index (χ1) is 9.47. The molecule has 0 saturated carbocycles. The van der Waals surface area contributed by atoms with E-state index in [0.717, 1.165) is 29.6 Å². The number of hydrogen-bond acceptors (Lipinski definition) is 5. The maximum atomic E-state index is 4.76. The molecule has 5 heteroatoms. The monoisotopic (exact) mass is 292 g/mol. The van der Waals surface area contributed by atoms with E-state index in [1.165, 1.54) is 15.8 Å².